The van der Waals surface area contributed by atoms with E-state index in [0.29, 0.717) is 11.4 Å². The number of carboxylic acids is 2. The highest BCUT2D eigenvalue weighted by Gasteiger charge is 2.46. The highest BCUT2D eigenvalue weighted by Crippen LogP contribution is 2.35. The van der Waals surface area contributed by atoms with Crippen LogP contribution >= 0.6 is 0 Å². The molecule has 36 heavy (non-hydrogen) atoms. The Morgan fingerprint density at radius 2 is 2.00 bits per heavy atom. The minimum atomic E-state index is -1.68. The lowest BCUT2D eigenvalue weighted by Crippen LogP contribution is -3.12. The maximum absolute atomic E-state index is 11.8. The van der Waals surface area contributed by atoms with Gasteiger partial charge in [0.15, 0.2) is 12.3 Å². The number of aliphatic hydroxyl groups excluding tert-OH is 4. The summed E-state index contributed by atoms with van der Waals surface area (Å²) < 4.78 is 16.5. The lowest BCUT2D eigenvalue weighted by Gasteiger charge is -2.43. The smallest absolute Gasteiger partial charge is 0.362 e. The molecule has 198 valence electrons. The van der Waals surface area contributed by atoms with Crippen molar-refractivity contribution in [1.82, 2.24) is 0 Å². The monoisotopic (exact) mass is 509 g/mol. The normalized spacial score (nSPS) is 37.5. The standard InChI is InChI=1S/C24H31NO11/c1-3-14-15(7-6-13-5-4-8-25(9-13)12(2)21(30)31)16(22(32)33)11-34-23(14)36-24-20(29)19(28)18(27)17(10-26)35-24/h3-8,11-12,14-15,17-20,23-24,26-29H,1,9-10H2,2H3,(H,30,31)(H,32,33). The molecule has 0 saturated carbocycles. The number of aliphatic carboxylic acids is 2. The molecule has 0 aliphatic carbocycles. The van der Waals surface area contributed by atoms with E-state index in [9.17, 15) is 40.2 Å². The molecule has 0 spiro atoms. The van der Waals surface area contributed by atoms with Crippen molar-refractivity contribution in [1.29, 1.82) is 0 Å². The molecule has 1 saturated heterocycles. The molecule has 0 bridgehead atoms. The number of aliphatic hydroxyl groups is 4. The first-order chi connectivity index (χ1) is 17.1. The second-order valence-electron chi connectivity index (χ2n) is 8.81. The quantitative estimate of drug-likeness (QED) is 0.170. The van der Waals surface area contributed by atoms with Crippen LogP contribution in [0, 0.1) is 11.8 Å². The summed E-state index contributed by atoms with van der Waals surface area (Å²) in [5, 5.41) is 60.7. The van der Waals surface area contributed by atoms with Crippen LogP contribution in [0.1, 0.15) is 6.92 Å². The van der Waals surface area contributed by atoms with E-state index in [2.05, 4.69) is 6.58 Å². The average molecular weight is 510 g/mol. The van der Waals surface area contributed by atoms with Gasteiger partial charge in [0.2, 0.25) is 6.29 Å². The Kier molecular flexibility index (Phi) is 9.19. The summed E-state index contributed by atoms with van der Waals surface area (Å²) >= 11 is 0. The Morgan fingerprint density at radius 3 is 2.61 bits per heavy atom. The van der Waals surface area contributed by atoms with Crippen molar-refractivity contribution < 1.29 is 59.3 Å². The van der Waals surface area contributed by atoms with Crippen LogP contribution < -0.4 is 10.0 Å². The Labute approximate surface area is 207 Å². The zero-order valence-corrected chi connectivity index (χ0v) is 19.5. The van der Waals surface area contributed by atoms with Crippen LogP contribution in [0.3, 0.4) is 0 Å². The van der Waals surface area contributed by atoms with Crippen LogP contribution in [0.5, 0.6) is 0 Å². The minimum absolute atomic E-state index is 0.195. The Morgan fingerprint density at radius 1 is 1.28 bits per heavy atom. The van der Waals surface area contributed by atoms with Crippen molar-refractivity contribution in [2.45, 2.75) is 50.0 Å². The number of rotatable bonds is 9. The Balaban J connectivity index is 1.80. The second kappa shape index (κ2) is 11.9. The summed E-state index contributed by atoms with van der Waals surface area (Å²) in [6.45, 7) is 5.03. The molecule has 3 aliphatic rings. The van der Waals surface area contributed by atoms with Crippen LogP contribution in [0.25, 0.3) is 0 Å². The molecule has 3 heterocycles. The van der Waals surface area contributed by atoms with Gasteiger partial charge in [-0.3, -0.25) is 4.90 Å². The minimum Gasteiger partial charge on any atom is -0.545 e. The number of hydrogen-bond donors (Lipinski definition) is 6. The predicted octanol–water partition coefficient (Wildman–Crippen LogP) is -3.42. The first-order valence-electron chi connectivity index (χ1n) is 11.4. The van der Waals surface area contributed by atoms with Crippen LogP contribution in [-0.4, -0.2) is 93.7 Å². The molecular weight excluding hydrogens is 478 g/mol. The van der Waals surface area contributed by atoms with Crippen molar-refractivity contribution in [2.24, 2.45) is 11.8 Å². The van der Waals surface area contributed by atoms with Gasteiger partial charge in [-0.25, -0.2) is 4.79 Å². The van der Waals surface area contributed by atoms with Crippen molar-refractivity contribution in [2.75, 3.05) is 13.2 Å². The third-order valence-electron chi connectivity index (χ3n) is 6.51. The summed E-state index contributed by atoms with van der Waals surface area (Å²) in [6, 6.07) is -0.683. The highest BCUT2D eigenvalue weighted by atomic mass is 16.8. The zero-order valence-electron chi connectivity index (χ0n) is 19.5. The predicted molar refractivity (Wildman–Crippen MR) is 119 cm³/mol. The third-order valence-corrected chi connectivity index (χ3v) is 6.51. The largest absolute Gasteiger partial charge is 0.545 e. The average Bonchev–Trinajstić information content (AvgIpc) is 2.86. The van der Waals surface area contributed by atoms with Gasteiger partial charge >= 0.3 is 5.97 Å². The fourth-order valence-electron chi connectivity index (χ4n) is 4.24. The van der Waals surface area contributed by atoms with Gasteiger partial charge in [0.1, 0.15) is 31.0 Å². The molecule has 12 nitrogen and oxygen atoms in total. The van der Waals surface area contributed by atoms with Crippen molar-refractivity contribution in [3.63, 3.8) is 0 Å². The van der Waals surface area contributed by atoms with Crippen LogP contribution in [0.4, 0.5) is 0 Å². The summed E-state index contributed by atoms with van der Waals surface area (Å²) in [4.78, 5) is 23.8. The second-order valence-corrected chi connectivity index (χ2v) is 8.81. The van der Waals surface area contributed by atoms with Crippen LogP contribution in [0.15, 0.2) is 60.6 Å². The number of carbonyl (C=O) groups excluding carboxylic acids is 1. The van der Waals surface area contributed by atoms with E-state index in [4.69, 9.17) is 14.2 Å². The topological polar surface area (TPSA) is 190 Å². The van der Waals surface area contributed by atoms with Crippen LogP contribution in [-0.2, 0) is 23.8 Å². The van der Waals surface area contributed by atoms with Gasteiger partial charge in [0, 0.05) is 23.0 Å². The molecule has 0 amide bonds. The highest BCUT2D eigenvalue weighted by molar-refractivity contribution is 5.85. The lowest BCUT2D eigenvalue weighted by molar-refractivity contribution is -0.858. The number of hydrogen-bond acceptors (Lipinski definition) is 10. The molecule has 0 radical (unpaired) electrons. The maximum Gasteiger partial charge on any atom is 0.362 e. The SMILES string of the molecule is C=CC1C(OC2OC(CO)C(O)C(O)C2O)OC=C(C(=O)[O-])C1C=CC1=CC=C[NH+](C(C)C(=O)O)C1. The van der Waals surface area contributed by atoms with E-state index in [1.807, 2.05) is 0 Å². The molecular formula is C24H31NO11. The molecule has 1 fully saturated rings. The van der Waals surface area contributed by atoms with E-state index >= 15 is 0 Å². The lowest BCUT2D eigenvalue weighted by atomic mass is 9.83. The van der Waals surface area contributed by atoms with E-state index in [-0.39, 0.29) is 5.57 Å². The van der Waals surface area contributed by atoms with Gasteiger partial charge in [-0.05, 0) is 19.1 Å². The van der Waals surface area contributed by atoms with Gasteiger partial charge in [-0.1, -0.05) is 18.2 Å². The summed E-state index contributed by atoms with van der Waals surface area (Å²) in [6.07, 6.45) is 2.01. The molecule has 3 aliphatic heterocycles. The van der Waals surface area contributed by atoms with E-state index in [0.717, 1.165) is 11.8 Å². The van der Waals surface area contributed by atoms with Gasteiger partial charge < -0.3 is 49.6 Å². The Hall–Kier alpha value is -2.84. The molecule has 0 aromatic carbocycles. The molecule has 3 rings (SSSR count). The van der Waals surface area contributed by atoms with Crippen molar-refractivity contribution in [3.05, 3.63) is 60.6 Å². The number of allylic oxidation sites excluding steroid dienone is 3. The number of carboxylic acid groups (broad SMARTS) is 2. The number of quaternary nitrogens is 1. The number of nitrogens with one attached hydrogen (secondary N) is 1. The van der Waals surface area contributed by atoms with Gasteiger partial charge in [0.25, 0.3) is 0 Å². The molecule has 10 atom stereocenters. The van der Waals surface area contributed by atoms with E-state index in [1.165, 1.54) is 6.08 Å². The van der Waals surface area contributed by atoms with E-state index in [1.54, 1.807) is 37.4 Å². The van der Waals surface area contributed by atoms with Crippen molar-refractivity contribution in [3.8, 4) is 0 Å². The Bertz CT molecular complexity index is 956. The van der Waals surface area contributed by atoms with Gasteiger partial charge in [-0.15, -0.1) is 6.58 Å². The fraction of sp³-hybridized carbons (Fsp3) is 0.500. The fourth-order valence-corrected chi connectivity index (χ4v) is 4.24. The first kappa shape index (κ1) is 27.7. The number of ether oxygens (including phenoxy) is 3. The summed E-state index contributed by atoms with van der Waals surface area (Å²) in [5.41, 5.74) is 0.555. The molecule has 0 aromatic rings. The molecule has 6 N–H and O–H groups in total. The van der Waals surface area contributed by atoms with E-state index < -0.39 is 73.4 Å². The summed E-state index contributed by atoms with van der Waals surface area (Å²) in [5.74, 6) is -4.09. The maximum atomic E-state index is 11.8. The number of carbonyl (C=O) groups is 2. The molecule has 12 heteroatoms. The van der Waals surface area contributed by atoms with Crippen molar-refractivity contribution >= 4 is 11.9 Å². The van der Waals surface area contributed by atoms with Gasteiger partial charge in [-0.2, -0.15) is 0 Å². The zero-order chi connectivity index (χ0) is 26.6. The van der Waals surface area contributed by atoms with Gasteiger partial charge in [0.05, 0.1) is 25.0 Å². The summed E-state index contributed by atoms with van der Waals surface area (Å²) in [7, 11) is 0. The molecule has 10 unspecified atom stereocenters. The third kappa shape index (κ3) is 5.93. The first-order valence-corrected chi connectivity index (χ1v) is 11.4. The molecule has 0 aromatic heterocycles. The van der Waals surface area contributed by atoms with Crippen LogP contribution in [0.2, 0.25) is 0 Å².